The van der Waals surface area contributed by atoms with E-state index in [-0.39, 0.29) is 11.6 Å². The number of nitrogens with one attached hydrogen (secondary N) is 2. The second kappa shape index (κ2) is 11.4. The third kappa shape index (κ3) is 7.88. The van der Waals surface area contributed by atoms with Crippen LogP contribution in [0, 0.1) is 11.8 Å². The number of hydrogen-bond acceptors (Lipinski definition) is 7. The van der Waals surface area contributed by atoms with Gasteiger partial charge in [-0.3, -0.25) is 18.9 Å². The minimum atomic E-state index is -4.36. The lowest BCUT2D eigenvalue weighted by molar-refractivity contribution is -0.151. The number of nitrogens with zero attached hydrogens (tertiary/aromatic N) is 1. The second-order valence-electron chi connectivity index (χ2n) is 7.78. The van der Waals surface area contributed by atoms with Crippen LogP contribution in [0.1, 0.15) is 49.5 Å². The molecule has 1 aromatic carbocycles. The van der Waals surface area contributed by atoms with E-state index in [0.717, 1.165) is 17.7 Å². The molecule has 9 nitrogen and oxygen atoms in total. The minimum absolute atomic E-state index is 0.123. The largest absolute Gasteiger partial charge is 0.468 e. The summed E-state index contributed by atoms with van der Waals surface area (Å²) in [5.41, 5.74) is 1.92. The van der Waals surface area contributed by atoms with Gasteiger partial charge in [0.15, 0.2) is 0 Å². The van der Waals surface area contributed by atoms with E-state index in [0.29, 0.717) is 17.8 Å². The van der Waals surface area contributed by atoms with Crippen LogP contribution in [0.5, 0.6) is 0 Å². The third-order valence-electron chi connectivity index (χ3n) is 4.70. The number of aryl methyl sites for hydroxylation is 1. The smallest absolute Gasteiger partial charge is 0.357 e. The number of ether oxygens (including phenoxy) is 1. The lowest BCUT2D eigenvalue weighted by atomic mass is 9.95. The van der Waals surface area contributed by atoms with Gasteiger partial charge in [-0.25, -0.2) is 4.98 Å². The van der Waals surface area contributed by atoms with Crippen LogP contribution in [0.15, 0.2) is 29.6 Å². The van der Waals surface area contributed by atoms with Gasteiger partial charge in [0.25, 0.3) is 0 Å². The number of carbonyl (C=O) groups excluding carboxylic acids is 2. The Labute approximate surface area is 192 Å². The molecule has 2 atom stereocenters. The van der Waals surface area contributed by atoms with Crippen molar-refractivity contribution in [2.24, 2.45) is 11.8 Å². The zero-order valence-electron chi connectivity index (χ0n) is 18.5. The molecule has 0 aliphatic carbocycles. The van der Waals surface area contributed by atoms with Crippen molar-refractivity contribution < 1.29 is 27.3 Å². The molecule has 1 unspecified atom stereocenters. The molecule has 0 spiro atoms. The van der Waals surface area contributed by atoms with Gasteiger partial charge >= 0.3 is 16.3 Å². The van der Waals surface area contributed by atoms with Crippen LogP contribution in [-0.2, 0) is 37.5 Å². The molecule has 3 N–H and O–H groups in total. The molecule has 32 heavy (non-hydrogen) atoms. The summed E-state index contributed by atoms with van der Waals surface area (Å²) in [7, 11) is -3.10. The van der Waals surface area contributed by atoms with E-state index in [1.165, 1.54) is 30.6 Å². The maximum absolute atomic E-state index is 13.0. The summed E-state index contributed by atoms with van der Waals surface area (Å²) < 4.78 is 37.7. The third-order valence-corrected chi connectivity index (χ3v) is 6.20. The molecular formula is C21H29N3O6S2. The number of aromatic nitrogens is 1. The topological polar surface area (TPSA) is 135 Å². The highest BCUT2D eigenvalue weighted by molar-refractivity contribution is 7.87. The molecule has 11 heteroatoms. The molecule has 2 rings (SSSR count). The van der Waals surface area contributed by atoms with Gasteiger partial charge in [-0.05, 0) is 42.9 Å². The number of esters is 1. The predicted octanol–water partition coefficient (Wildman–Crippen LogP) is 3.16. The first-order chi connectivity index (χ1) is 15.0. The highest BCUT2D eigenvalue weighted by atomic mass is 32.2. The summed E-state index contributed by atoms with van der Waals surface area (Å²) >= 11 is 1.43. The van der Waals surface area contributed by atoms with E-state index in [1.807, 2.05) is 30.9 Å². The fourth-order valence-corrected chi connectivity index (χ4v) is 4.52. The molecule has 0 aliphatic heterocycles. The fraction of sp³-hybridized carbons (Fsp3) is 0.476. The highest BCUT2D eigenvalue weighted by Gasteiger charge is 2.31. The Morgan fingerprint density at radius 1 is 1.22 bits per heavy atom. The number of benzene rings is 1. The maximum atomic E-state index is 13.0. The summed E-state index contributed by atoms with van der Waals surface area (Å²) in [6.07, 6.45) is 1.49. The Morgan fingerprint density at radius 3 is 2.38 bits per heavy atom. The van der Waals surface area contributed by atoms with Crippen LogP contribution >= 0.6 is 11.3 Å². The monoisotopic (exact) mass is 483 g/mol. The lowest BCUT2D eigenvalue weighted by Crippen LogP contribution is -2.39. The van der Waals surface area contributed by atoms with Crippen molar-refractivity contribution >= 4 is 39.2 Å². The van der Waals surface area contributed by atoms with Gasteiger partial charge in [-0.2, -0.15) is 8.42 Å². The van der Waals surface area contributed by atoms with Gasteiger partial charge < -0.3 is 10.1 Å². The Hall–Kier alpha value is -2.50. The first kappa shape index (κ1) is 25.8. The summed E-state index contributed by atoms with van der Waals surface area (Å²) in [6, 6.07) is 5.92. The van der Waals surface area contributed by atoms with E-state index >= 15 is 0 Å². The molecule has 2 aromatic rings. The number of hydrogen-bond donors (Lipinski definition) is 3. The molecule has 1 heterocycles. The molecule has 0 radical (unpaired) electrons. The van der Waals surface area contributed by atoms with Crippen molar-refractivity contribution in [3.63, 3.8) is 0 Å². The van der Waals surface area contributed by atoms with Gasteiger partial charge in [0.2, 0.25) is 5.91 Å². The summed E-state index contributed by atoms with van der Waals surface area (Å²) in [5.74, 6) is -1.80. The number of rotatable bonds is 11. The van der Waals surface area contributed by atoms with Crippen LogP contribution in [0.25, 0.3) is 0 Å². The van der Waals surface area contributed by atoms with Crippen LogP contribution in [-0.4, -0.2) is 36.9 Å². The highest BCUT2D eigenvalue weighted by Crippen LogP contribution is 2.25. The fourth-order valence-electron chi connectivity index (χ4n) is 3.13. The molecule has 176 valence electrons. The van der Waals surface area contributed by atoms with Crippen molar-refractivity contribution in [1.29, 1.82) is 0 Å². The molecule has 1 aromatic heterocycles. The van der Waals surface area contributed by atoms with Crippen LogP contribution in [0.2, 0.25) is 0 Å². The predicted molar refractivity (Wildman–Crippen MR) is 123 cm³/mol. The van der Waals surface area contributed by atoms with Crippen molar-refractivity contribution in [3.8, 4) is 0 Å². The SMILES string of the molecule is CCc1csc(C(Cc2ccc(NS(=O)(=O)O)cc2)NC(=O)[C@H](CC(C)C)C(=O)OC)n1. The van der Waals surface area contributed by atoms with Crippen LogP contribution in [0.4, 0.5) is 5.69 Å². The normalized spacial score (nSPS) is 13.4. The maximum Gasteiger partial charge on any atom is 0.357 e. The van der Waals surface area contributed by atoms with E-state index in [4.69, 9.17) is 9.29 Å². The van der Waals surface area contributed by atoms with Gasteiger partial charge in [-0.15, -0.1) is 11.3 Å². The number of thiazole rings is 1. The van der Waals surface area contributed by atoms with Gasteiger partial charge in [0.05, 0.1) is 24.5 Å². The molecule has 0 bridgehead atoms. The molecule has 1 amide bonds. The number of anilines is 1. The minimum Gasteiger partial charge on any atom is -0.468 e. The standard InChI is InChI=1S/C21H29N3O6S2/c1-5-15-12-31-20(22-15)18(23-19(25)17(10-13(2)3)21(26)30-4)11-14-6-8-16(9-7-14)24-32(27,28)29/h6-9,12-13,17-18,24H,5,10-11H2,1-4H3,(H,23,25)(H,27,28,29)/t17-,18?/m0/s1. The Bertz CT molecular complexity index is 1020. The van der Waals surface area contributed by atoms with E-state index in [9.17, 15) is 18.0 Å². The van der Waals surface area contributed by atoms with Crippen molar-refractivity contribution in [2.45, 2.75) is 46.1 Å². The van der Waals surface area contributed by atoms with E-state index in [2.05, 4.69) is 10.3 Å². The molecule has 0 saturated heterocycles. The average molecular weight is 484 g/mol. The van der Waals surface area contributed by atoms with Crippen LogP contribution in [0.3, 0.4) is 0 Å². The van der Waals surface area contributed by atoms with Crippen molar-refractivity contribution in [1.82, 2.24) is 10.3 Å². The molecule has 0 saturated carbocycles. The van der Waals surface area contributed by atoms with Crippen molar-refractivity contribution in [3.05, 3.63) is 45.9 Å². The first-order valence-electron chi connectivity index (χ1n) is 10.2. The second-order valence-corrected chi connectivity index (χ2v) is 9.82. The zero-order chi connectivity index (χ0) is 23.9. The Morgan fingerprint density at radius 2 is 1.88 bits per heavy atom. The Balaban J connectivity index is 2.26. The average Bonchev–Trinajstić information content (AvgIpc) is 3.20. The molecule has 0 aliphatic rings. The number of amides is 1. The molecular weight excluding hydrogens is 454 g/mol. The zero-order valence-corrected chi connectivity index (χ0v) is 20.1. The van der Waals surface area contributed by atoms with E-state index < -0.39 is 34.1 Å². The quantitative estimate of drug-likeness (QED) is 0.254. The first-order valence-corrected chi connectivity index (χ1v) is 12.5. The summed E-state index contributed by atoms with van der Waals surface area (Å²) in [6.45, 7) is 5.84. The number of methoxy groups -OCH3 is 1. The van der Waals surface area contributed by atoms with Gasteiger partial charge in [0, 0.05) is 5.38 Å². The summed E-state index contributed by atoms with van der Waals surface area (Å²) in [5, 5.41) is 5.59. The van der Waals surface area contributed by atoms with Gasteiger partial charge in [-0.1, -0.05) is 32.9 Å². The van der Waals surface area contributed by atoms with Gasteiger partial charge in [0.1, 0.15) is 10.9 Å². The Kier molecular flexibility index (Phi) is 9.17. The summed E-state index contributed by atoms with van der Waals surface area (Å²) in [4.78, 5) is 29.8. The molecule has 0 fully saturated rings. The number of carbonyl (C=O) groups is 2. The lowest BCUT2D eigenvalue weighted by Gasteiger charge is -2.21. The van der Waals surface area contributed by atoms with E-state index in [1.54, 1.807) is 12.1 Å². The van der Waals surface area contributed by atoms with Crippen LogP contribution < -0.4 is 10.0 Å². The van der Waals surface area contributed by atoms with Crippen molar-refractivity contribution in [2.75, 3.05) is 11.8 Å².